The zero-order valence-electron chi connectivity index (χ0n) is 20.0. The van der Waals surface area contributed by atoms with Gasteiger partial charge in [0.2, 0.25) is 0 Å². The Hall–Kier alpha value is -3.61. The number of para-hydroxylation sites is 1. The van der Waals surface area contributed by atoms with E-state index in [0.29, 0.717) is 25.1 Å². The van der Waals surface area contributed by atoms with Gasteiger partial charge in [-0.2, -0.15) is 5.10 Å². The summed E-state index contributed by atoms with van der Waals surface area (Å²) < 4.78 is 6.06. The minimum atomic E-state index is -0.760. The van der Waals surface area contributed by atoms with Gasteiger partial charge in [-0.05, 0) is 55.9 Å². The maximum Gasteiger partial charge on any atom is 0.303 e. The molecule has 1 saturated carbocycles. The van der Waals surface area contributed by atoms with E-state index in [-0.39, 0.29) is 18.4 Å². The number of carbonyl (C=O) groups excluding carboxylic acids is 1. The number of carboxylic acid groups (broad SMARTS) is 1. The highest BCUT2D eigenvalue weighted by Gasteiger charge is 2.28. The molecule has 2 aromatic carbocycles. The van der Waals surface area contributed by atoms with Gasteiger partial charge in [-0.3, -0.25) is 14.7 Å². The molecule has 0 aliphatic heterocycles. The second-order valence-corrected chi connectivity index (χ2v) is 9.10. The zero-order chi connectivity index (χ0) is 24.5. The molecule has 1 amide bonds. The van der Waals surface area contributed by atoms with E-state index in [9.17, 15) is 9.59 Å². The molecular weight excluding hydrogens is 442 g/mol. The summed E-state index contributed by atoms with van der Waals surface area (Å²) in [5.41, 5.74) is 3.68. The minimum absolute atomic E-state index is 0.0408. The van der Waals surface area contributed by atoms with Crippen molar-refractivity contribution in [3.05, 3.63) is 72.1 Å². The quantitative estimate of drug-likeness (QED) is 0.328. The van der Waals surface area contributed by atoms with Crippen LogP contribution in [0.5, 0.6) is 5.75 Å². The van der Waals surface area contributed by atoms with Crippen LogP contribution < -0.4 is 4.74 Å². The normalized spacial score (nSPS) is 13.6. The van der Waals surface area contributed by atoms with Crippen LogP contribution in [0.4, 0.5) is 0 Å². The number of benzene rings is 2. The van der Waals surface area contributed by atoms with Crippen LogP contribution in [0.3, 0.4) is 0 Å². The molecule has 0 saturated heterocycles. The predicted molar refractivity (Wildman–Crippen MR) is 134 cm³/mol. The Bertz CT molecular complexity index is 1090. The number of unbranched alkanes of at least 4 members (excludes halogenated alkanes) is 2. The van der Waals surface area contributed by atoms with Gasteiger partial charge < -0.3 is 14.7 Å². The summed E-state index contributed by atoms with van der Waals surface area (Å²) in [4.78, 5) is 26.3. The molecule has 1 aromatic heterocycles. The molecule has 1 aliphatic carbocycles. The SMILES string of the molecule is O=C(O)CCCCCOc1ccccc1CN(C(=O)c1ccc(-c2cn[nH]c2)cc1)C1CCCC1. The Morgan fingerprint density at radius 3 is 2.49 bits per heavy atom. The number of hydrogen-bond acceptors (Lipinski definition) is 4. The number of aromatic nitrogens is 2. The van der Waals surface area contributed by atoms with Gasteiger partial charge in [0.15, 0.2) is 0 Å². The summed E-state index contributed by atoms with van der Waals surface area (Å²) in [7, 11) is 0. The maximum absolute atomic E-state index is 13.7. The van der Waals surface area contributed by atoms with Crippen molar-refractivity contribution in [2.24, 2.45) is 0 Å². The van der Waals surface area contributed by atoms with Crippen LogP contribution in [0.25, 0.3) is 11.1 Å². The highest BCUT2D eigenvalue weighted by atomic mass is 16.5. The summed E-state index contributed by atoms with van der Waals surface area (Å²) in [5, 5.41) is 15.6. The van der Waals surface area contributed by atoms with Crippen LogP contribution >= 0.6 is 0 Å². The Morgan fingerprint density at radius 1 is 1.00 bits per heavy atom. The first-order valence-corrected chi connectivity index (χ1v) is 12.4. The number of carbonyl (C=O) groups is 2. The summed E-state index contributed by atoms with van der Waals surface area (Å²) in [6.07, 6.45) is 10.4. The molecule has 2 N–H and O–H groups in total. The van der Waals surface area contributed by atoms with Gasteiger partial charge in [0, 0.05) is 41.9 Å². The van der Waals surface area contributed by atoms with Crippen molar-refractivity contribution < 1.29 is 19.4 Å². The summed E-state index contributed by atoms with van der Waals surface area (Å²) in [5.74, 6) is 0.0695. The third-order valence-electron chi connectivity index (χ3n) is 6.60. The number of ether oxygens (including phenoxy) is 1. The van der Waals surface area contributed by atoms with Crippen LogP contribution in [0.15, 0.2) is 60.9 Å². The fourth-order valence-corrected chi connectivity index (χ4v) is 4.66. The van der Waals surface area contributed by atoms with Crippen LogP contribution in [0.2, 0.25) is 0 Å². The Kier molecular flexibility index (Phi) is 8.54. The van der Waals surface area contributed by atoms with Crippen LogP contribution in [-0.4, -0.2) is 44.7 Å². The molecular formula is C28H33N3O4. The highest BCUT2D eigenvalue weighted by molar-refractivity contribution is 5.95. The highest BCUT2D eigenvalue weighted by Crippen LogP contribution is 2.29. The first kappa shape index (κ1) is 24.5. The van der Waals surface area contributed by atoms with Crippen molar-refractivity contribution in [2.45, 2.75) is 64.0 Å². The van der Waals surface area contributed by atoms with E-state index in [0.717, 1.165) is 61.0 Å². The largest absolute Gasteiger partial charge is 0.493 e. The van der Waals surface area contributed by atoms with E-state index in [2.05, 4.69) is 10.2 Å². The molecule has 1 fully saturated rings. The monoisotopic (exact) mass is 475 g/mol. The molecule has 1 aliphatic rings. The van der Waals surface area contributed by atoms with Gasteiger partial charge >= 0.3 is 5.97 Å². The number of nitrogens with zero attached hydrogens (tertiary/aromatic N) is 2. The standard InChI is InChI=1S/C28H33N3O4/c32-27(33)12-2-1-7-17-35-26-11-6-3-8-23(26)20-31(25-9-4-5-10-25)28(34)22-15-13-21(14-16-22)24-18-29-30-19-24/h3,6,8,11,13-16,18-19,25H,1-2,4-5,7,9-10,12,17,20H2,(H,29,30)(H,32,33). The summed E-state index contributed by atoms with van der Waals surface area (Å²) >= 11 is 0. The van der Waals surface area contributed by atoms with Crippen molar-refractivity contribution in [1.29, 1.82) is 0 Å². The molecule has 7 nitrogen and oxygen atoms in total. The molecule has 1 heterocycles. The Morgan fingerprint density at radius 2 is 1.77 bits per heavy atom. The molecule has 0 radical (unpaired) electrons. The molecule has 0 unspecified atom stereocenters. The average Bonchev–Trinajstić information content (AvgIpc) is 3.60. The lowest BCUT2D eigenvalue weighted by Gasteiger charge is -2.30. The van der Waals surface area contributed by atoms with E-state index in [1.807, 2.05) is 59.6 Å². The van der Waals surface area contributed by atoms with E-state index in [4.69, 9.17) is 9.84 Å². The number of aromatic amines is 1. The molecule has 4 rings (SSSR count). The Balaban J connectivity index is 1.44. The number of hydrogen-bond donors (Lipinski definition) is 2. The summed E-state index contributed by atoms with van der Waals surface area (Å²) in [6.45, 7) is 1.03. The van der Waals surface area contributed by atoms with Crippen LogP contribution in [0.1, 0.15) is 67.3 Å². The van der Waals surface area contributed by atoms with Gasteiger partial charge in [-0.25, -0.2) is 0 Å². The van der Waals surface area contributed by atoms with Crippen LogP contribution in [0, 0.1) is 0 Å². The van der Waals surface area contributed by atoms with E-state index in [1.165, 1.54) is 0 Å². The van der Waals surface area contributed by atoms with Gasteiger partial charge in [0.1, 0.15) is 5.75 Å². The van der Waals surface area contributed by atoms with Crippen molar-refractivity contribution in [1.82, 2.24) is 15.1 Å². The number of aliphatic carboxylic acids is 1. The van der Waals surface area contributed by atoms with Crippen LogP contribution in [-0.2, 0) is 11.3 Å². The fourth-order valence-electron chi connectivity index (χ4n) is 4.66. The zero-order valence-corrected chi connectivity index (χ0v) is 20.0. The van der Waals surface area contributed by atoms with Gasteiger partial charge in [0.05, 0.1) is 12.8 Å². The minimum Gasteiger partial charge on any atom is -0.493 e. The maximum atomic E-state index is 13.7. The van der Waals surface area contributed by atoms with E-state index < -0.39 is 5.97 Å². The van der Waals surface area contributed by atoms with E-state index in [1.54, 1.807) is 6.20 Å². The molecule has 7 heteroatoms. The van der Waals surface area contributed by atoms with Gasteiger partial charge in [-0.15, -0.1) is 0 Å². The Labute approximate surface area is 206 Å². The fraction of sp³-hybridized carbons (Fsp3) is 0.393. The molecule has 3 aromatic rings. The first-order valence-electron chi connectivity index (χ1n) is 12.4. The van der Waals surface area contributed by atoms with Gasteiger partial charge in [0.25, 0.3) is 5.91 Å². The number of H-pyrrole nitrogens is 1. The van der Waals surface area contributed by atoms with Crippen molar-refractivity contribution in [3.63, 3.8) is 0 Å². The second kappa shape index (κ2) is 12.2. The van der Waals surface area contributed by atoms with Crippen molar-refractivity contribution in [2.75, 3.05) is 6.61 Å². The number of carboxylic acids is 1. The van der Waals surface area contributed by atoms with Gasteiger partial charge in [-0.1, -0.05) is 43.2 Å². The summed E-state index contributed by atoms with van der Waals surface area (Å²) in [6, 6.07) is 15.8. The molecule has 35 heavy (non-hydrogen) atoms. The molecule has 0 bridgehead atoms. The second-order valence-electron chi connectivity index (χ2n) is 9.10. The lowest BCUT2D eigenvalue weighted by molar-refractivity contribution is -0.137. The van der Waals surface area contributed by atoms with E-state index >= 15 is 0 Å². The third-order valence-corrected chi connectivity index (χ3v) is 6.60. The average molecular weight is 476 g/mol. The number of nitrogens with one attached hydrogen (secondary N) is 1. The first-order chi connectivity index (χ1) is 17.1. The number of amides is 1. The third kappa shape index (κ3) is 6.72. The molecule has 0 spiro atoms. The lowest BCUT2D eigenvalue weighted by atomic mass is 10.0. The number of rotatable bonds is 12. The lowest BCUT2D eigenvalue weighted by Crippen LogP contribution is -2.38. The van der Waals surface area contributed by atoms with Crippen molar-refractivity contribution in [3.8, 4) is 16.9 Å². The smallest absolute Gasteiger partial charge is 0.303 e. The predicted octanol–water partition coefficient (Wildman–Crippen LogP) is 5.69. The topological polar surface area (TPSA) is 95.5 Å². The molecule has 0 atom stereocenters. The van der Waals surface area contributed by atoms with Crippen molar-refractivity contribution >= 4 is 11.9 Å². The molecule has 184 valence electrons.